The molecule has 13 heteroatoms. The lowest BCUT2D eigenvalue weighted by Gasteiger charge is -2.36. The van der Waals surface area contributed by atoms with E-state index in [-0.39, 0.29) is 24.4 Å². The van der Waals surface area contributed by atoms with Gasteiger partial charge in [0.1, 0.15) is 18.7 Å². The van der Waals surface area contributed by atoms with Crippen molar-refractivity contribution in [3.63, 3.8) is 0 Å². The number of nitrogens with zero attached hydrogens (tertiary/aromatic N) is 2. The summed E-state index contributed by atoms with van der Waals surface area (Å²) in [5, 5.41) is 8.39. The van der Waals surface area contributed by atoms with Crippen LogP contribution in [0.4, 0.5) is 9.59 Å². The number of amides is 6. The van der Waals surface area contributed by atoms with Crippen molar-refractivity contribution < 1.29 is 33.5 Å². The first-order chi connectivity index (χ1) is 19.2. The van der Waals surface area contributed by atoms with Crippen molar-refractivity contribution in [2.75, 3.05) is 26.2 Å². The Labute approximate surface area is 241 Å². The van der Waals surface area contributed by atoms with Crippen LogP contribution in [0, 0.1) is 17.3 Å². The van der Waals surface area contributed by atoms with Crippen molar-refractivity contribution >= 4 is 35.6 Å². The number of Topliss-reactive ketones (excluding diaryl/α,β-unsaturated/α-hetero) is 1. The number of ketones is 1. The van der Waals surface area contributed by atoms with Crippen LogP contribution in [0.1, 0.15) is 73.1 Å². The molecule has 6 amide bonds. The lowest BCUT2D eigenvalue weighted by Crippen LogP contribution is -2.61. The van der Waals surface area contributed by atoms with Crippen molar-refractivity contribution in [2.45, 2.75) is 97.3 Å². The van der Waals surface area contributed by atoms with E-state index in [0.717, 1.165) is 19.3 Å². The van der Waals surface area contributed by atoms with Gasteiger partial charge >= 0.3 is 12.1 Å². The Bertz CT molecular complexity index is 1020. The van der Waals surface area contributed by atoms with Gasteiger partial charge < -0.3 is 36.2 Å². The standard InChI is InChI=1S/C28H46N6O7/c1-16(2)19(15-33-12-13-41-27(33)40)31-26(39)32-22(28(3,4)5)25(38)34-11-7-10-20(34)24(37)30-18(21(35)23(29)36)14-17-8-6-9-17/h16-20,22H,6-15H2,1-5H3,(H2,29,36)(H,30,37)(H2,31,32,39)/t18?,19-,20+,22-/m1/s1. The molecule has 0 aromatic carbocycles. The molecule has 41 heavy (non-hydrogen) atoms. The van der Waals surface area contributed by atoms with E-state index in [2.05, 4.69) is 16.0 Å². The maximum Gasteiger partial charge on any atom is 0.410 e. The molecule has 1 saturated carbocycles. The number of urea groups is 1. The second-order valence-corrected chi connectivity index (χ2v) is 12.8. The summed E-state index contributed by atoms with van der Waals surface area (Å²) in [6.07, 6.45) is 3.77. The minimum Gasteiger partial charge on any atom is -0.448 e. The number of ether oxygens (including phenoxy) is 1. The second kappa shape index (κ2) is 13.5. The molecule has 2 saturated heterocycles. The molecule has 0 aromatic heterocycles. The molecular weight excluding hydrogens is 532 g/mol. The lowest BCUT2D eigenvalue weighted by atomic mass is 9.80. The number of nitrogens with one attached hydrogen (secondary N) is 3. The SMILES string of the molecule is CC(C)[C@@H](CN1CCOC1=O)NC(=O)N[C@H](C(=O)N1CCC[C@H]1C(=O)NC(CC1CCC1)C(=O)C(N)=O)C(C)(C)C. The van der Waals surface area contributed by atoms with E-state index in [1.807, 2.05) is 34.6 Å². The lowest BCUT2D eigenvalue weighted by molar-refractivity contribution is -0.143. The molecule has 1 unspecified atom stereocenters. The summed E-state index contributed by atoms with van der Waals surface area (Å²) in [6.45, 7) is 10.7. The molecule has 4 atom stereocenters. The summed E-state index contributed by atoms with van der Waals surface area (Å²) in [5.41, 5.74) is 4.54. The molecule has 0 bridgehead atoms. The smallest absolute Gasteiger partial charge is 0.410 e. The van der Waals surface area contributed by atoms with Crippen molar-refractivity contribution in [1.29, 1.82) is 0 Å². The molecule has 2 heterocycles. The van der Waals surface area contributed by atoms with Crippen molar-refractivity contribution in [3.8, 4) is 0 Å². The van der Waals surface area contributed by atoms with Gasteiger partial charge in [-0.1, -0.05) is 53.9 Å². The normalized spacial score (nSPS) is 21.5. The number of carbonyl (C=O) groups is 6. The van der Waals surface area contributed by atoms with Gasteiger partial charge in [-0.05, 0) is 36.5 Å². The monoisotopic (exact) mass is 578 g/mol. The number of likely N-dealkylation sites (tertiary alicyclic amines) is 1. The van der Waals surface area contributed by atoms with E-state index in [1.54, 1.807) is 0 Å². The Morgan fingerprint density at radius 3 is 2.20 bits per heavy atom. The van der Waals surface area contributed by atoms with E-state index in [0.29, 0.717) is 39.0 Å². The highest BCUT2D eigenvalue weighted by Gasteiger charge is 2.43. The van der Waals surface area contributed by atoms with Crippen LogP contribution >= 0.6 is 0 Å². The maximum absolute atomic E-state index is 13.8. The molecular formula is C28H46N6O7. The molecule has 0 spiro atoms. The summed E-state index contributed by atoms with van der Waals surface area (Å²) in [5.74, 6) is -2.62. The Balaban J connectivity index is 1.69. The van der Waals surface area contributed by atoms with Crippen LogP contribution in [0.3, 0.4) is 0 Å². The molecule has 0 radical (unpaired) electrons. The van der Waals surface area contributed by atoms with Gasteiger partial charge in [-0.15, -0.1) is 0 Å². The summed E-state index contributed by atoms with van der Waals surface area (Å²) in [7, 11) is 0. The molecule has 1 aliphatic carbocycles. The molecule has 3 fully saturated rings. The highest BCUT2D eigenvalue weighted by atomic mass is 16.6. The highest BCUT2D eigenvalue weighted by Crippen LogP contribution is 2.31. The van der Waals surface area contributed by atoms with Gasteiger partial charge in [0, 0.05) is 13.1 Å². The van der Waals surface area contributed by atoms with Crippen molar-refractivity contribution in [1.82, 2.24) is 25.8 Å². The third kappa shape index (κ3) is 8.32. The van der Waals surface area contributed by atoms with Crippen LogP contribution < -0.4 is 21.7 Å². The Kier molecular flexibility index (Phi) is 10.6. The average Bonchev–Trinajstić information content (AvgIpc) is 3.51. The first-order valence-electron chi connectivity index (χ1n) is 14.6. The van der Waals surface area contributed by atoms with Crippen LogP contribution in [-0.4, -0.2) is 95.8 Å². The van der Waals surface area contributed by atoms with E-state index in [4.69, 9.17) is 10.5 Å². The molecule has 3 rings (SSSR count). The number of cyclic esters (lactones) is 1. The van der Waals surface area contributed by atoms with Crippen LogP contribution in [0.25, 0.3) is 0 Å². The minimum absolute atomic E-state index is 0.000547. The van der Waals surface area contributed by atoms with Gasteiger partial charge in [-0.3, -0.25) is 19.2 Å². The third-order valence-corrected chi connectivity index (χ3v) is 8.28. The molecule has 230 valence electrons. The number of primary amides is 1. The fourth-order valence-electron chi connectivity index (χ4n) is 5.44. The number of nitrogens with two attached hydrogens (primary N) is 1. The van der Waals surface area contributed by atoms with Gasteiger partial charge in [0.05, 0.1) is 18.6 Å². The van der Waals surface area contributed by atoms with Crippen LogP contribution in [0.15, 0.2) is 0 Å². The van der Waals surface area contributed by atoms with Gasteiger partial charge in [0.15, 0.2) is 0 Å². The van der Waals surface area contributed by atoms with Crippen molar-refractivity contribution in [3.05, 3.63) is 0 Å². The Morgan fingerprint density at radius 2 is 1.68 bits per heavy atom. The summed E-state index contributed by atoms with van der Waals surface area (Å²) >= 11 is 0. The van der Waals surface area contributed by atoms with Gasteiger partial charge in [-0.2, -0.15) is 0 Å². The van der Waals surface area contributed by atoms with Gasteiger partial charge in [0.25, 0.3) is 5.91 Å². The summed E-state index contributed by atoms with van der Waals surface area (Å²) in [4.78, 5) is 79.3. The number of rotatable bonds is 12. The third-order valence-electron chi connectivity index (χ3n) is 8.28. The topological polar surface area (TPSA) is 180 Å². The number of hydrogen-bond donors (Lipinski definition) is 4. The van der Waals surface area contributed by atoms with Crippen LogP contribution in [0.2, 0.25) is 0 Å². The zero-order valence-electron chi connectivity index (χ0n) is 24.9. The molecule has 5 N–H and O–H groups in total. The molecule has 0 aromatic rings. The first kappa shape index (κ1) is 32.1. The van der Waals surface area contributed by atoms with E-state index in [1.165, 1.54) is 9.80 Å². The maximum atomic E-state index is 13.8. The van der Waals surface area contributed by atoms with Gasteiger partial charge in [-0.25, -0.2) is 9.59 Å². The predicted molar refractivity (Wildman–Crippen MR) is 149 cm³/mol. The number of carbonyl (C=O) groups excluding carboxylic acids is 6. The zero-order chi connectivity index (χ0) is 30.5. The minimum atomic E-state index is -1.10. The fraction of sp³-hybridized carbons (Fsp3) is 0.786. The highest BCUT2D eigenvalue weighted by molar-refractivity contribution is 6.37. The molecule has 3 aliphatic rings. The average molecular weight is 579 g/mol. The quantitative estimate of drug-likeness (QED) is 0.248. The van der Waals surface area contributed by atoms with Crippen LogP contribution in [0.5, 0.6) is 0 Å². The van der Waals surface area contributed by atoms with E-state index in [9.17, 15) is 28.8 Å². The Hall–Kier alpha value is -3.38. The van der Waals surface area contributed by atoms with Crippen LogP contribution in [-0.2, 0) is 23.9 Å². The fourth-order valence-corrected chi connectivity index (χ4v) is 5.44. The predicted octanol–water partition coefficient (Wildman–Crippen LogP) is 0.898. The van der Waals surface area contributed by atoms with Gasteiger partial charge in [0.2, 0.25) is 17.6 Å². The van der Waals surface area contributed by atoms with E-state index >= 15 is 0 Å². The molecule has 2 aliphatic heterocycles. The largest absolute Gasteiger partial charge is 0.448 e. The zero-order valence-corrected chi connectivity index (χ0v) is 24.9. The van der Waals surface area contributed by atoms with E-state index < -0.39 is 59.2 Å². The summed E-state index contributed by atoms with van der Waals surface area (Å²) < 4.78 is 4.99. The first-order valence-corrected chi connectivity index (χ1v) is 14.6. The molecule has 13 nitrogen and oxygen atoms in total. The second-order valence-electron chi connectivity index (χ2n) is 12.8. The summed E-state index contributed by atoms with van der Waals surface area (Å²) in [6, 6.07) is -3.76. The van der Waals surface area contributed by atoms with Crippen molar-refractivity contribution in [2.24, 2.45) is 23.0 Å². The Morgan fingerprint density at radius 1 is 1.00 bits per heavy atom. The number of hydrogen-bond acceptors (Lipinski definition) is 7.